The Hall–Kier alpha value is -2.96. The van der Waals surface area contributed by atoms with E-state index < -0.39 is 0 Å². The Bertz CT molecular complexity index is 712. The third kappa shape index (κ3) is 3.14. The van der Waals surface area contributed by atoms with Gasteiger partial charge in [0, 0.05) is 18.8 Å². The summed E-state index contributed by atoms with van der Waals surface area (Å²) in [5.74, 6) is 0.907. The van der Waals surface area contributed by atoms with E-state index in [-0.39, 0.29) is 6.01 Å². The van der Waals surface area contributed by atoms with Crippen LogP contribution in [0.5, 0.6) is 11.9 Å². The molecular formula is C14H14N6O. The molecule has 2 aromatic heterocycles. The topological polar surface area (TPSA) is 77.8 Å². The Morgan fingerprint density at radius 1 is 1.14 bits per heavy atom. The molecule has 7 nitrogen and oxygen atoms in total. The number of nitrogens with one attached hydrogen (secondary N) is 1. The summed E-state index contributed by atoms with van der Waals surface area (Å²) in [6.07, 6.45) is 3.21. The van der Waals surface area contributed by atoms with Crippen LogP contribution in [0.15, 0.2) is 48.9 Å². The normalized spacial score (nSPS) is 10.3. The Morgan fingerprint density at radius 3 is 2.81 bits per heavy atom. The number of rotatable bonds is 5. The second-order valence-electron chi connectivity index (χ2n) is 4.16. The van der Waals surface area contributed by atoms with Crippen LogP contribution in [0, 0.1) is 0 Å². The molecule has 0 aliphatic heterocycles. The summed E-state index contributed by atoms with van der Waals surface area (Å²) in [6, 6.07) is 11.6. The van der Waals surface area contributed by atoms with Gasteiger partial charge in [-0.05, 0) is 19.1 Å². The molecule has 0 fully saturated rings. The molecular weight excluding hydrogens is 268 g/mol. The zero-order valence-corrected chi connectivity index (χ0v) is 11.5. The molecule has 3 rings (SSSR count). The summed E-state index contributed by atoms with van der Waals surface area (Å²) < 4.78 is 7.17. The molecule has 0 atom stereocenters. The predicted octanol–water partition coefficient (Wildman–Crippen LogP) is 2.28. The van der Waals surface area contributed by atoms with Gasteiger partial charge in [0.1, 0.15) is 6.33 Å². The lowest BCUT2D eigenvalue weighted by Crippen LogP contribution is -2.02. The molecule has 0 saturated heterocycles. The van der Waals surface area contributed by atoms with Crippen molar-refractivity contribution in [2.75, 3.05) is 11.9 Å². The lowest BCUT2D eigenvalue weighted by molar-refractivity contribution is 0.424. The first-order valence-electron chi connectivity index (χ1n) is 6.57. The van der Waals surface area contributed by atoms with E-state index in [2.05, 4.69) is 25.4 Å². The fraction of sp³-hybridized carbons (Fsp3) is 0.143. The lowest BCUT2D eigenvalue weighted by Gasteiger charge is -2.03. The molecule has 21 heavy (non-hydrogen) atoms. The highest BCUT2D eigenvalue weighted by Gasteiger charge is 2.06. The largest absolute Gasteiger partial charge is 0.404 e. The van der Waals surface area contributed by atoms with Gasteiger partial charge in [0.25, 0.3) is 0 Å². The molecule has 3 aromatic rings. The van der Waals surface area contributed by atoms with Crippen molar-refractivity contribution >= 4 is 5.95 Å². The summed E-state index contributed by atoms with van der Waals surface area (Å²) in [7, 11) is 0. The number of hydrogen-bond donors (Lipinski definition) is 1. The number of aromatic nitrogens is 5. The zero-order chi connectivity index (χ0) is 14.5. The smallest absolute Gasteiger partial charge is 0.342 e. The van der Waals surface area contributed by atoms with Crippen LogP contribution in [0.1, 0.15) is 6.92 Å². The van der Waals surface area contributed by atoms with E-state index in [1.54, 1.807) is 23.3 Å². The number of para-hydroxylation sites is 1. The standard InChI is InChI=1S/C14H14N6O/c1-2-15-13-16-9-8-12(18-13)21-14-17-10-20(19-14)11-6-4-3-5-7-11/h3-10H,2H2,1H3,(H,15,16,18). The van der Waals surface area contributed by atoms with Crippen molar-refractivity contribution in [2.45, 2.75) is 6.92 Å². The van der Waals surface area contributed by atoms with E-state index in [0.717, 1.165) is 12.2 Å². The first-order chi connectivity index (χ1) is 10.3. The Kier molecular flexibility index (Phi) is 3.72. The fourth-order valence-electron chi connectivity index (χ4n) is 1.74. The molecule has 1 N–H and O–H groups in total. The van der Waals surface area contributed by atoms with Crippen molar-refractivity contribution in [3.63, 3.8) is 0 Å². The van der Waals surface area contributed by atoms with Crippen molar-refractivity contribution in [1.82, 2.24) is 24.7 Å². The minimum Gasteiger partial charge on any atom is -0.404 e. The van der Waals surface area contributed by atoms with E-state index in [1.165, 1.54) is 0 Å². The highest BCUT2D eigenvalue weighted by atomic mass is 16.5. The minimum absolute atomic E-state index is 0.236. The van der Waals surface area contributed by atoms with Crippen LogP contribution in [-0.4, -0.2) is 31.3 Å². The summed E-state index contributed by atoms with van der Waals surface area (Å²) in [6.45, 7) is 2.71. The number of nitrogens with zero attached hydrogens (tertiary/aromatic N) is 5. The summed E-state index contributed by atoms with van der Waals surface area (Å²) in [5, 5.41) is 7.27. The predicted molar refractivity (Wildman–Crippen MR) is 77.6 cm³/mol. The first-order valence-corrected chi connectivity index (χ1v) is 6.57. The van der Waals surface area contributed by atoms with E-state index in [4.69, 9.17) is 4.74 Å². The van der Waals surface area contributed by atoms with Crippen molar-refractivity contribution in [3.8, 4) is 17.6 Å². The van der Waals surface area contributed by atoms with Gasteiger partial charge in [-0.25, -0.2) is 9.67 Å². The molecule has 0 saturated carbocycles. The van der Waals surface area contributed by atoms with E-state index >= 15 is 0 Å². The van der Waals surface area contributed by atoms with E-state index in [0.29, 0.717) is 11.8 Å². The average molecular weight is 282 g/mol. The molecule has 0 spiro atoms. The van der Waals surface area contributed by atoms with E-state index in [9.17, 15) is 0 Å². The fourth-order valence-corrected chi connectivity index (χ4v) is 1.74. The Balaban J connectivity index is 1.77. The molecule has 0 aliphatic carbocycles. The maximum absolute atomic E-state index is 5.53. The molecule has 0 amide bonds. The average Bonchev–Trinajstić information content (AvgIpc) is 2.97. The highest BCUT2D eigenvalue weighted by molar-refractivity contribution is 5.30. The molecule has 2 heterocycles. The Labute approximate surface area is 121 Å². The quantitative estimate of drug-likeness (QED) is 0.773. The van der Waals surface area contributed by atoms with Gasteiger partial charge in [0.15, 0.2) is 0 Å². The first kappa shape index (κ1) is 13.0. The molecule has 1 aromatic carbocycles. The molecule has 106 valence electrons. The number of hydrogen-bond acceptors (Lipinski definition) is 6. The molecule has 0 aliphatic rings. The molecule has 0 unspecified atom stereocenters. The van der Waals surface area contributed by atoms with Crippen LogP contribution >= 0.6 is 0 Å². The summed E-state index contributed by atoms with van der Waals surface area (Å²) >= 11 is 0. The second-order valence-corrected chi connectivity index (χ2v) is 4.16. The van der Waals surface area contributed by atoms with Gasteiger partial charge >= 0.3 is 6.01 Å². The third-order valence-corrected chi connectivity index (χ3v) is 2.65. The van der Waals surface area contributed by atoms with Gasteiger partial charge in [-0.3, -0.25) is 0 Å². The second kappa shape index (κ2) is 6.00. The van der Waals surface area contributed by atoms with Gasteiger partial charge in [0.05, 0.1) is 5.69 Å². The van der Waals surface area contributed by atoms with Crippen LogP contribution in [0.3, 0.4) is 0 Å². The Morgan fingerprint density at radius 2 is 2.00 bits per heavy atom. The van der Waals surface area contributed by atoms with Gasteiger partial charge in [-0.2, -0.15) is 9.97 Å². The third-order valence-electron chi connectivity index (χ3n) is 2.65. The van der Waals surface area contributed by atoms with Crippen molar-refractivity contribution in [2.24, 2.45) is 0 Å². The van der Waals surface area contributed by atoms with Crippen molar-refractivity contribution in [1.29, 1.82) is 0 Å². The monoisotopic (exact) mass is 282 g/mol. The highest BCUT2D eigenvalue weighted by Crippen LogP contribution is 2.16. The van der Waals surface area contributed by atoms with Crippen LogP contribution < -0.4 is 10.1 Å². The van der Waals surface area contributed by atoms with Crippen LogP contribution in [0.4, 0.5) is 5.95 Å². The van der Waals surface area contributed by atoms with E-state index in [1.807, 2.05) is 37.3 Å². The number of ether oxygens (including phenoxy) is 1. The van der Waals surface area contributed by atoms with Gasteiger partial charge < -0.3 is 10.1 Å². The molecule has 0 bridgehead atoms. The zero-order valence-electron chi connectivity index (χ0n) is 11.5. The lowest BCUT2D eigenvalue weighted by atomic mass is 10.3. The van der Waals surface area contributed by atoms with Crippen molar-refractivity contribution in [3.05, 3.63) is 48.9 Å². The van der Waals surface area contributed by atoms with Gasteiger partial charge in [0.2, 0.25) is 11.8 Å². The summed E-state index contributed by atoms with van der Waals surface area (Å²) in [4.78, 5) is 12.4. The SMILES string of the molecule is CCNc1nccc(Oc2ncn(-c3ccccc3)n2)n1. The van der Waals surface area contributed by atoms with Crippen LogP contribution in [-0.2, 0) is 0 Å². The maximum atomic E-state index is 5.53. The number of benzene rings is 1. The van der Waals surface area contributed by atoms with Crippen LogP contribution in [0.25, 0.3) is 5.69 Å². The minimum atomic E-state index is 0.236. The van der Waals surface area contributed by atoms with Gasteiger partial charge in [-0.1, -0.05) is 18.2 Å². The van der Waals surface area contributed by atoms with Crippen LogP contribution in [0.2, 0.25) is 0 Å². The number of anilines is 1. The van der Waals surface area contributed by atoms with Crippen molar-refractivity contribution < 1.29 is 4.74 Å². The summed E-state index contributed by atoms with van der Waals surface area (Å²) in [5.41, 5.74) is 0.913. The molecule has 7 heteroatoms. The van der Waals surface area contributed by atoms with Gasteiger partial charge in [-0.15, -0.1) is 5.10 Å². The molecule has 0 radical (unpaired) electrons. The maximum Gasteiger partial charge on any atom is 0.342 e.